The summed E-state index contributed by atoms with van der Waals surface area (Å²) in [5.41, 5.74) is -0.418. The Hall–Kier alpha value is -3.57. The van der Waals surface area contributed by atoms with Gasteiger partial charge in [0.1, 0.15) is 0 Å². The van der Waals surface area contributed by atoms with Gasteiger partial charge in [0.2, 0.25) is 12.5 Å². The molecule has 0 heterocycles. The second-order valence-electron chi connectivity index (χ2n) is 7.36. The molecule has 0 bridgehead atoms. The van der Waals surface area contributed by atoms with E-state index in [0.717, 1.165) is 24.3 Å². The molecule has 11 nitrogen and oxygen atoms in total. The molecule has 0 fully saturated rings. The van der Waals surface area contributed by atoms with Gasteiger partial charge in [0.15, 0.2) is 34.5 Å². The van der Waals surface area contributed by atoms with Crippen molar-refractivity contribution in [3.05, 3.63) is 35.4 Å². The third-order valence-corrected chi connectivity index (χ3v) is 5.04. The zero-order chi connectivity index (χ0) is 23.7. The summed E-state index contributed by atoms with van der Waals surface area (Å²) in [4.78, 5) is 24.7. The SMILES string of the molecule is CC(OC(=O)c1cc(O)c(O)c(O)c1)[N+](C)(C)C(C)OC(=O)c1cc(O)c(O)c(O)c1.[Cl-]. The number of esters is 2. The summed E-state index contributed by atoms with van der Waals surface area (Å²) in [6, 6.07) is 3.71. The third kappa shape index (κ3) is 5.37. The summed E-state index contributed by atoms with van der Waals surface area (Å²) in [5, 5.41) is 56.9. The average Bonchev–Trinajstić information content (AvgIpc) is 2.68. The van der Waals surface area contributed by atoms with Gasteiger partial charge >= 0.3 is 11.9 Å². The van der Waals surface area contributed by atoms with E-state index in [0.29, 0.717) is 0 Å². The minimum Gasteiger partial charge on any atom is -1.00 e. The Morgan fingerprint density at radius 1 is 0.688 bits per heavy atom. The minimum absolute atomic E-state index is 0. The Kier molecular flexibility index (Phi) is 8.03. The standard InChI is InChI=1S/C20H23NO10.ClH/c1-9(30-19(28)11-5-13(22)17(26)14(23)6-11)21(3,4)10(2)31-20(29)12-7-15(24)18(27)16(25)8-12;/h5-10H,1-4H3,(H5-,22,23,24,25,26,27,28,29);1H. The molecule has 0 saturated heterocycles. The van der Waals surface area contributed by atoms with E-state index in [9.17, 15) is 40.2 Å². The van der Waals surface area contributed by atoms with Crippen LogP contribution in [0.25, 0.3) is 0 Å². The number of rotatable bonds is 6. The molecule has 2 atom stereocenters. The molecule has 0 radical (unpaired) electrons. The number of nitrogens with zero attached hydrogens (tertiary/aromatic N) is 1. The van der Waals surface area contributed by atoms with Gasteiger partial charge in [-0.25, -0.2) is 9.59 Å². The number of carbonyl (C=O) groups excluding carboxylic acids is 2. The van der Waals surface area contributed by atoms with Crippen molar-refractivity contribution in [1.29, 1.82) is 0 Å². The summed E-state index contributed by atoms with van der Waals surface area (Å²) in [6.45, 7) is 3.06. The Bertz CT molecular complexity index is 898. The van der Waals surface area contributed by atoms with Gasteiger partial charge in [0.05, 0.1) is 25.2 Å². The van der Waals surface area contributed by atoms with Crippen LogP contribution in [0.15, 0.2) is 24.3 Å². The zero-order valence-corrected chi connectivity index (χ0v) is 18.4. The van der Waals surface area contributed by atoms with Crippen LogP contribution >= 0.6 is 0 Å². The maximum Gasteiger partial charge on any atom is 0.342 e. The molecule has 0 saturated carbocycles. The van der Waals surface area contributed by atoms with E-state index in [2.05, 4.69) is 0 Å². The number of aromatic hydroxyl groups is 6. The highest BCUT2D eigenvalue weighted by molar-refractivity contribution is 5.91. The van der Waals surface area contributed by atoms with Crippen LogP contribution in [0, 0.1) is 0 Å². The lowest BCUT2D eigenvalue weighted by molar-refractivity contribution is -0.970. The van der Waals surface area contributed by atoms with Gasteiger partial charge in [0, 0.05) is 13.8 Å². The Morgan fingerprint density at radius 3 is 1.19 bits per heavy atom. The van der Waals surface area contributed by atoms with Gasteiger partial charge in [-0.05, 0) is 24.3 Å². The summed E-state index contributed by atoms with van der Waals surface area (Å²) in [5.74, 6) is -6.15. The first-order chi connectivity index (χ1) is 14.2. The summed E-state index contributed by atoms with van der Waals surface area (Å²) in [6.07, 6.45) is -1.76. The first kappa shape index (κ1) is 26.5. The van der Waals surface area contributed by atoms with Crippen molar-refractivity contribution in [3.63, 3.8) is 0 Å². The number of carbonyl (C=O) groups is 2. The van der Waals surface area contributed by atoms with E-state index >= 15 is 0 Å². The van der Waals surface area contributed by atoms with Gasteiger partial charge in [0.25, 0.3) is 0 Å². The van der Waals surface area contributed by atoms with Crippen molar-refractivity contribution < 1.29 is 66.6 Å². The first-order valence-corrected chi connectivity index (χ1v) is 9.00. The lowest BCUT2D eigenvalue weighted by atomic mass is 10.2. The second-order valence-corrected chi connectivity index (χ2v) is 7.36. The Balaban J connectivity index is 0.00000512. The van der Waals surface area contributed by atoms with Crippen molar-refractivity contribution in [2.45, 2.75) is 26.3 Å². The first-order valence-electron chi connectivity index (χ1n) is 9.00. The van der Waals surface area contributed by atoms with Crippen LogP contribution in [-0.4, -0.2) is 73.6 Å². The van der Waals surface area contributed by atoms with E-state index in [-0.39, 0.29) is 28.0 Å². The molecule has 2 unspecified atom stereocenters. The van der Waals surface area contributed by atoms with E-state index in [1.807, 2.05) is 0 Å². The molecule has 2 rings (SSSR count). The fourth-order valence-electron chi connectivity index (χ4n) is 2.46. The Labute approximate surface area is 189 Å². The Morgan fingerprint density at radius 2 is 0.938 bits per heavy atom. The minimum atomic E-state index is -0.906. The number of ether oxygens (including phenoxy) is 2. The fourth-order valence-corrected chi connectivity index (χ4v) is 2.46. The van der Waals surface area contributed by atoms with Crippen molar-refractivity contribution in [1.82, 2.24) is 0 Å². The number of quaternary nitrogens is 1. The van der Waals surface area contributed by atoms with Crippen LogP contribution in [0.5, 0.6) is 34.5 Å². The number of hydrogen-bond donors (Lipinski definition) is 6. The third-order valence-electron chi connectivity index (χ3n) is 5.04. The molecular formula is C20H24ClNO10. The molecular weight excluding hydrogens is 450 g/mol. The second kappa shape index (κ2) is 9.71. The van der Waals surface area contributed by atoms with Crippen molar-refractivity contribution in [3.8, 4) is 34.5 Å². The van der Waals surface area contributed by atoms with Crippen LogP contribution < -0.4 is 12.4 Å². The molecule has 0 aliphatic rings. The average molecular weight is 474 g/mol. The fraction of sp³-hybridized carbons (Fsp3) is 0.300. The number of benzene rings is 2. The number of halogens is 1. The van der Waals surface area contributed by atoms with Gasteiger partial charge in [-0.15, -0.1) is 0 Å². The quantitative estimate of drug-likeness (QED) is 0.128. The van der Waals surface area contributed by atoms with E-state index < -0.39 is 58.9 Å². The normalized spacial score (nSPS) is 12.9. The van der Waals surface area contributed by atoms with Crippen molar-refractivity contribution in [2.24, 2.45) is 0 Å². The van der Waals surface area contributed by atoms with Crippen molar-refractivity contribution in [2.75, 3.05) is 14.1 Å². The van der Waals surface area contributed by atoms with Crippen LogP contribution in [0.1, 0.15) is 34.6 Å². The zero-order valence-electron chi connectivity index (χ0n) is 17.6. The largest absolute Gasteiger partial charge is 1.00 e. The van der Waals surface area contributed by atoms with E-state index in [1.54, 1.807) is 14.1 Å². The molecule has 0 spiro atoms. The van der Waals surface area contributed by atoms with Crippen LogP contribution in [0.3, 0.4) is 0 Å². The van der Waals surface area contributed by atoms with Gasteiger partial charge in [-0.3, -0.25) is 4.48 Å². The van der Waals surface area contributed by atoms with Crippen molar-refractivity contribution >= 4 is 11.9 Å². The van der Waals surface area contributed by atoms with E-state index in [1.165, 1.54) is 13.8 Å². The lowest BCUT2D eigenvalue weighted by Gasteiger charge is -2.38. The van der Waals surface area contributed by atoms with Gasteiger partial charge in [-0.2, -0.15) is 0 Å². The molecule has 32 heavy (non-hydrogen) atoms. The number of phenols is 6. The summed E-state index contributed by atoms with van der Waals surface area (Å²) >= 11 is 0. The molecule has 0 aliphatic heterocycles. The summed E-state index contributed by atoms with van der Waals surface area (Å²) in [7, 11) is 3.21. The van der Waals surface area contributed by atoms with Gasteiger partial charge < -0.3 is 52.5 Å². The monoisotopic (exact) mass is 473 g/mol. The maximum absolute atomic E-state index is 12.4. The molecule has 0 aliphatic carbocycles. The van der Waals surface area contributed by atoms with Crippen LogP contribution in [0.4, 0.5) is 0 Å². The predicted molar refractivity (Wildman–Crippen MR) is 105 cm³/mol. The highest BCUT2D eigenvalue weighted by Gasteiger charge is 2.36. The molecule has 0 aromatic heterocycles. The molecule has 2 aromatic carbocycles. The maximum atomic E-state index is 12.4. The molecule has 176 valence electrons. The lowest BCUT2D eigenvalue weighted by Crippen LogP contribution is -3.00. The molecule has 2 aromatic rings. The predicted octanol–water partition coefficient (Wildman–Crippen LogP) is -1.29. The number of phenolic OH excluding ortho intramolecular Hbond substituents is 6. The number of hydrogen-bond acceptors (Lipinski definition) is 10. The van der Waals surface area contributed by atoms with Crippen LogP contribution in [0.2, 0.25) is 0 Å². The van der Waals surface area contributed by atoms with E-state index in [4.69, 9.17) is 9.47 Å². The topological polar surface area (TPSA) is 174 Å². The van der Waals surface area contributed by atoms with Crippen LogP contribution in [-0.2, 0) is 9.47 Å². The molecule has 12 heteroatoms. The smallest absolute Gasteiger partial charge is 0.342 e. The van der Waals surface area contributed by atoms with Gasteiger partial charge in [-0.1, -0.05) is 0 Å². The summed E-state index contributed by atoms with van der Waals surface area (Å²) < 4.78 is 10.5. The highest BCUT2D eigenvalue weighted by Crippen LogP contribution is 2.36. The molecule has 0 amide bonds. The highest BCUT2D eigenvalue weighted by atomic mass is 35.5. The molecule has 6 N–H and O–H groups in total.